The molecule has 4 nitrogen and oxygen atoms in total. The summed E-state index contributed by atoms with van der Waals surface area (Å²) in [6.07, 6.45) is 1.10. The zero-order chi connectivity index (χ0) is 11.5. The average molecular weight is 222 g/mol. The Balaban J connectivity index is 2.24. The molecule has 4 heteroatoms. The van der Waals surface area contributed by atoms with E-state index < -0.39 is 0 Å². The summed E-state index contributed by atoms with van der Waals surface area (Å²) in [5, 5.41) is 9.43. The van der Waals surface area contributed by atoms with Gasteiger partial charge in [-0.3, -0.25) is 4.79 Å². The first-order valence-corrected chi connectivity index (χ1v) is 5.23. The molecule has 1 aromatic rings. The number of phenolic OH excluding ortho intramolecular Hbond substituents is 1. The van der Waals surface area contributed by atoms with E-state index in [2.05, 4.69) is 4.74 Å². The van der Waals surface area contributed by atoms with E-state index in [0.29, 0.717) is 13.0 Å². The molecule has 2 rings (SSSR count). The molecule has 1 atom stereocenters. The highest BCUT2D eigenvalue weighted by molar-refractivity contribution is 5.70. The molecule has 1 aliphatic heterocycles. The summed E-state index contributed by atoms with van der Waals surface area (Å²) in [6.45, 7) is 0.597. The van der Waals surface area contributed by atoms with Crippen LogP contribution in [-0.2, 0) is 9.53 Å². The van der Waals surface area contributed by atoms with Crippen LogP contribution in [-0.4, -0.2) is 24.8 Å². The van der Waals surface area contributed by atoms with E-state index in [1.165, 1.54) is 7.11 Å². The summed E-state index contributed by atoms with van der Waals surface area (Å²) in [6, 6.07) is 4.97. The second-order valence-corrected chi connectivity index (χ2v) is 3.84. The smallest absolute Gasteiger partial charge is 0.306 e. The van der Waals surface area contributed by atoms with E-state index in [-0.39, 0.29) is 17.6 Å². The minimum absolute atomic E-state index is 0.0725. The van der Waals surface area contributed by atoms with Crippen LogP contribution in [0.1, 0.15) is 24.3 Å². The standard InChI is InChI=1S/C12H14O4/c1-15-12(14)6-8-4-5-16-11-3-2-9(13)7-10(8)11/h2-3,7-8,13H,4-6H2,1H3. The van der Waals surface area contributed by atoms with Gasteiger partial charge in [0.2, 0.25) is 0 Å². The highest BCUT2D eigenvalue weighted by Crippen LogP contribution is 2.37. The van der Waals surface area contributed by atoms with Crippen LogP contribution >= 0.6 is 0 Å². The number of benzene rings is 1. The van der Waals surface area contributed by atoms with Gasteiger partial charge in [0.15, 0.2) is 0 Å². The van der Waals surface area contributed by atoms with Crippen LogP contribution in [0.3, 0.4) is 0 Å². The van der Waals surface area contributed by atoms with Crippen LogP contribution in [0.5, 0.6) is 11.5 Å². The van der Waals surface area contributed by atoms with Crippen molar-refractivity contribution in [1.29, 1.82) is 0 Å². The van der Waals surface area contributed by atoms with E-state index in [1.807, 2.05) is 0 Å². The van der Waals surface area contributed by atoms with Gasteiger partial charge < -0.3 is 14.6 Å². The van der Waals surface area contributed by atoms with Gasteiger partial charge in [-0.2, -0.15) is 0 Å². The number of carbonyl (C=O) groups excluding carboxylic acids is 1. The number of hydrogen-bond donors (Lipinski definition) is 1. The number of esters is 1. The molecule has 0 fully saturated rings. The number of methoxy groups -OCH3 is 1. The Kier molecular flexibility index (Phi) is 2.99. The summed E-state index contributed by atoms with van der Waals surface area (Å²) in [5.74, 6) is 0.779. The lowest BCUT2D eigenvalue weighted by Gasteiger charge is -2.25. The first-order chi connectivity index (χ1) is 7.70. The molecular weight excluding hydrogens is 208 g/mol. The molecule has 1 aliphatic rings. The molecule has 0 aliphatic carbocycles. The Hall–Kier alpha value is -1.71. The number of carbonyl (C=O) groups is 1. The van der Waals surface area contributed by atoms with Crippen molar-refractivity contribution >= 4 is 5.97 Å². The number of hydrogen-bond acceptors (Lipinski definition) is 4. The molecule has 0 radical (unpaired) electrons. The fourth-order valence-electron chi connectivity index (χ4n) is 1.95. The van der Waals surface area contributed by atoms with Crippen molar-refractivity contribution in [3.8, 4) is 11.5 Å². The molecule has 1 aromatic carbocycles. The zero-order valence-electron chi connectivity index (χ0n) is 9.10. The van der Waals surface area contributed by atoms with Crippen molar-refractivity contribution in [2.45, 2.75) is 18.8 Å². The number of ether oxygens (including phenoxy) is 2. The Morgan fingerprint density at radius 2 is 2.44 bits per heavy atom. The Morgan fingerprint density at radius 1 is 1.62 bits per heavy atom. The second kappa shape index (κ2) is 4.43. The van der Waals surface area contributed by atoms with E-state index in [0.717, 1.165) is 17.7 Å². The molecule has 16 heavy (non-hydrogen) atoms. The Bertz CT molecular complexity index is 400. The lowest BCUT2D eigenvalue weighted by Crippen LogP contribution is -2.17. The molecule has 86 valence electrons. The number of phenols is 1. The zero-order valence-corrected chi connectivity index (χ0v) is 9.10. The van der Waals surface area contributed by atoms with Crippen molar-refractivity contribution < 1.29 is 19.4 Å². The van der Waals surface area contributed by atoms with Gasteiger partial charge >= 0.3 is 5.97 Å². The van der Waals surface area contributed by atoms with Crippen LogP contribution < -0.4 is 4.74 Å². The fourth-order valence-corrected chi connectivity index (χ4v) is 1.95. The topological polar surface area (TPSA) is 55.8 Å². The maximum absolute atomic E-state index is 11.2. The van der Waals surface area contributed by atoms with Crippen LogP contribution in [0, 0.1) is 0 Å². The van der Waals surface area contributed by atoms with Crippen LogP contribution in [0.25, 0.3) is 0 Å². The fraction of sp³-hybridized carbons (Fsp3) is 0.417. The van der Waals surface area contributed by atoms with Crippen molar-refractivity contribution in [2.75, 3.05) is 13.7 Å². The van der Waals surface area contributed by atoms with Gasteiger partial charge in [-0.25, -0.2) is 0 Å². The molecule has 0 spiro atoms. The normalized spacial score (nSPS) is 18.4. The van der Waals surface area contributed by atoms with E-state index >= 15 is 0 Å². The summed E-state index contributed by atoms with van der Waals surface area (Å²) < 4.78 is 10.1. The van der Waals surface area contributed by atoms with Gasteiger partial charge in [0.25, 0.3) is 0 Å². The largest absolute Gasteiger partial charge is 0.508 e. The van der Waals surface area contributed by atoms with Crippen molar-refractivity contribution in [3.05, 3.63) is 23.8 Å². The molecule has 0 saturated carbocycles. The van der Waals surface area contributed by atoms with Gasteiger partial charge in [0, 0.05) is 11.5 Å². The molecular formula is C12H14O4. The molecule has 0 bridgehead atoms. The summed E-state index contributed by atoms with van der Waals surface area (Å²) in [5.41, 5.74) is 0.886. The quantitative estimate of drug-likeness (QED) is 0.775. The molecule has 0 amide bonds. The van der Waals surface area contributed by atoms with Crippen LogP contribution in [0.2, 0.25) is 0 Å². The average Bonchev–Trinajstić information content (AvgIpc) is 2.29. The summed E-state index contributed by atoms with van der Waals surface area (Å²) >= 11 is 0. The van der Waals surface area contributed by atoms with Crippen molar-refractivity contribution in [1.82, 2.24) is 0 Å². The molecule has 1 N–H and O–H groups in total. The van der Waals surface area contributed by atoms with E-state index in [1.54, 1.807) is 18.2 Å². The molecule has 0 aromatic heterocycles. The van der Waals surface area contributed by atoms with Crippen molar-refractivity contribution in [3.63, 3.8) is 0 Å². The van der Waals surface area contributed by atoms with Crippen molar-refractivity contribution in [2.24, 2.45) is 0 Å². The van der Waals surface area contributed by atoms with Gasteiger partial charge in [-0.15, -0.1) is 0 Å². The van der Waals surface area contributed by atoms with Gasteiger partial charge in [0.1, 0.15) is 11.5 Å². The minimum atomic E-state index is -0.235. The molecule has 1 unspecified atom stereocenters. The highest BCUT2D eigenvalue weighted by Gasteiger charge is 2.24. The summed E-state index contributed by atoms with van der Waals surface area (Å²) in [7, 11) is 1.38. The lowest BCUT2D eigenvalue weighted by molar-refractivity contribution is -0.141. The predicted molar refractivity (Wildman–Crippen MR) is 57.6 cm³/mol. The Labute approximate surface area is 93.8 Å². The van der Waals surface area contributed by atoms with Gasteiger partial charge in [0.05, 0.1) is 20.1 Å². The second-order valence-electron chi connectivity index (χ2n) is 3.84. The Morgan fingerprint density at radius 3 is 3.19 bits per heavy atom. The maximum atomic E-state index is 11.2. The monoisotopic (exact) mass is 222 g/mol. The van der Waals surface area contributed by atoms with E-state index in [9.17, 15) is 9.90 Å². The SMILES string of the molecule is COC(=O)CC1CCOc2ccc(O)cc21. The third-order valence-electron chi connectivity index (χ3n) is 2.80. The highest BCUT2D eigenvalue weighted by atomic mass is 16.5. The van der Waals surface area contributed by atoms with Gasteiger partial charge in [-0.1, -0.05) is 0 Å². The van der Waals surface area contributed by atoms with Gasteiger partial charge in [-0.05, 0) is 24.6 Å². The first-order valence-electron chi connectivity index (χ1n) is 5.23. The first kappa shape index (κ1) is 10.8. The number of fused-ring (bicyclic) bond motifs is 1. The predicted octanol–water partition coefficient (Wildman–Crippen LogP) is 1.82. The van der Waals surface area contributed by atoms with E-state index in [4.69, 9.17) is 4.74 Å². The number of aromatic hydroxyl groups is 1. The van der Waals surface area contributed by atoms with Crippen LogP contribution in [0.4, 0.5) is 0 Å². The molecule has 1 heterocycles. The lowest BCUT2D eigenvalue weighted by atomic mass is 9.90. The summed E-state index contributed by atoms with van der Waals surface area (Å²) in [4.78, 5) is 11.2. The maximum Gasteiger partial charge on any atom is 0.306 e. The number of rotatable bonds is 2. The van der Waals surface area contributed by atoms with Crippen LogP contribution in [0.15, 0.2) is 18.2 Å². The molecule has 0 saturated heterocycles. The minimum Gasteiger partial charge on any atom is -0.508 e. The third-order valence-corrected chi connectivity index (χ3v) is 2.80. The third kappa shape index (κ3) is 2.10.